The van der Waals surface area contributed by atoms with E-state index in [0.717, 1.165) is 23.4 Å². The van der Waals surface area contributed by atoms with Crippen LogP contribution in [0.4, 0.5) is 0 Å². The topological polar surface area (TPSA) is 31.0 Å². The summed E-state index contributed by atoms with van der Waals surface area (Å²) in [6, 6.07) is 18.1. The summed E-state index contributed by atoms with van der Waals surface area (Å²) in [5.74, 6) is 1.78. The number of Topliss-reactive ketones (excluding diaryl/α,β-unsaturated/α-hetero) is 1. The van der Waals surface area contributed by atoms with Crippen molar-refractivity contribution in [3.8, 4) is 11.1 Å². The van der Waals surface area contributed by atoms with Gasteiger partial charge < -0.3 is 0 Å². The first-order chi connectivity index (χ1) is 10.3. The molecule has 106 valence electrons. The van der Waals surface area contributed by atoms with Crippen molar-refractivity contribution in [2.45, 2.75) is 0 Å². The van der Waals surface area contributed by atoms with Gasteiger partial charge in [-0.1, -0.05) is 54.6 Å². The van der Waals surface area contributed by atoms with Crippen LogP contribution in [0.25, 0.3) is 11.1 Å². The summed E-state index contributed by atoms with van der Waals surface area (Å²) < 4.78 is 1.17. The van der Waals surface area contributed by atoms with Crippen molar-refractivity contribution >= 4 is 33.7 Å². The van der Waals surface area contributed by atoms with Gasteiger partial charge in [-0.05, 0) is 34.7 Å². The van der Waals surface area contributed by atoms with E-state index in [2.05, 4.69) is 17.1 Å². The molecule has 0 radical (unpaired) electrons. The van der Waals surface area contributed by atoms with Crippen LogP contribution in [0.15, 0.2) is 54.6 Å². The molecule has 0 bridgehead atoms. The van der Waals surface area contributed by atoms with Gasteiger partial charge in [-0.2, -0.15) is 0 Å². The van der Waals surface area contributed by atoms with Gasteiger partial charge >= 0.3 is 0 Å². The van der Waals surface area contributed by atoms with Gasteiger partial charge in [0.1, 0.15) is 0 Å². The lowest BCUT2D eigenvalue weighted by molar-refractivity contribution is -0.441. The predicted molar refractivity (Wildman–Crippen MR) is 92.0 cm³/mol. The van der Waals surface area contributed by atoms with Crippen LogP contribution in [0.1, 0.15) is 10.4 Å². The zero-order valence-corrected chi connectivity index (χ0v) is 13.2. The normalized spacial score (nSPS) is 14.0. The average molecular weight is 314 g/mol. The van der Waals surface area contributed by atoms with E-state index in [9.17, 15) is 4.79 Å². The number of rotatable bonds is 4. The highest BCUT2D eigenvalue weighted by atomic mass is 32.2. The minimum absolute atomic E-state index is 0.182. The molecular weight excluding hydrogens is 298 g/mol. The predicted octanol–water partition coefficient (Wildman–Crippen LogP) is 2.45. The molecule has 2 aromatic carbocycles. The maximum absolute atomic E-state index is 12.2. The Morgan fingerprint density at radius 2 is 1.76 bits per heavy atom. The maximum Gasteiger partial charge on any atom is 0.269 e. The van der Waals surface area contributed by atoms with Crippen LogP contribution < -0.4 is 4.99 Å². The monoisotopic (exact) mass is 314 g/mol. The molecule has 1 aliphatic rings. The highest BCUT2D eigenvalue weighted by Gasteiger charge is 2.17. The zero-order chi connectivity index (χ0) is 14.5. The first-order valence-corrected chi connectivity index (χ1v) is 8.85. The van der Waals surface area contributed by atoms with E-state index in [1.165, 1.54) is 9.94 Å². The second-order valence-corrected chi connectivity index (χ2v) is 7.07. The van der Waals surface area contributed by atoms with Gasteiger partial charge in [0, 0.05) is 5.56 Å². The fraction of sp³-hybridized carbons (Fsp3) is 0.176. The van der Waals surface area contributed by atoms with Crippen molar-refractivity contribution in [1.29, 1.82) is 0 Å². The molecule has 4 heteroatoms. The Kier molecular flexibility index (Phi) is 4.78. The van der Waals surface area contributed by atoms with Crippen molar-refractivity contribution in [3.05, 3.63) is 60.2 Å². The molecule has 0 unspecified atom stereocenters. The molecule has 2 nitrogen and oxygen atoms in total. The Hall–Kier alpha value is -1.52. The first kappa shape index (κ1) is 14.4. The second-order valence-electron chi connectivity index (χ2n) is 4.72. The lowest BCUT2D eigenvalue weighted by Crippen LogP contribution is -2.68. The molecule has 0 atom stereocenters. The third-order valence-electron chi connectivity index (χ3n) is 3.25. The molecule has 1 heterocycles. The Balaban J connectivity index is 1.65. The maximum atomic E-state index is 12.2. The number of hydrogen-bond acceptors (Lipinski definition) is 3. The lowest BCUT2D eigenvalue weighted by atomic mass is 10.0. The number of carbonyl (C=O) groups is 1. The lowest BCUT2D eigenvalue weighted by Gasteiger charge is -2.03. The molecule has 21 heavy (non-hydrogen) atoms. The van der Waals surface area contributed by atoms with E-state index in [0.29, 0.717) is 5.75 Å². The molecule has 0 spiro atoms. The summed E-state index contributed by atoms with van der Waals surface area (Å²) in [7, 11) is 0. The number of carbonyl (C=O) groups excluding carboxylic acids is 1. The van der Waals surface area contributed by atoms with Crippen LogP contribution in [0, 0.1) is 0 Å². The second kappa shape index (κ2) is 6.96. The van der Waals surface area contributed by atoms with Crippen molar-refractivity contribution in [3.63, 3.8) is 0 Å². The molecule has 0 fully saturated rings. The molecule has 1 N–H and O–H groups in total. The van der Waals surface area contributed by atoms with Gasteiger partial charge in [0.15, 0.2) is 12.3 Å². The Bertz CT molecular complexity index is 650. The summed E-state index contributed by atoms with van der Waals surface area (Å²) in [6.45, 7) is 1.01. The van der Waals surface area contributed by atoms with E-state index < -0.39 is 0 Å². The minimum Gasteiger partial charge on any atom is -0.293 e. The number of nitrogens with one attached hydrogen (secondary N) is 1. The fourth-order valence-electron chi connectivity index (χ4n) is 2.13. The van der Waals surface area contributed by atoms with Gasteiger partial charge in [0.25, 0.3) is 4.38 Å². The molecule has 1 aliphatic heterocycles. The number of thioether (sulfide) groups is 2. The Labute approximate surface area is 133 Å². The van der Waals surface area contributed by atoms with Crippen LogP contribution in [0.3, 0.4) is 0 Å². The van der Waals surface area contributed by atoms with Crippen LogP contribution >= 0.6 is 23.5 Å². The van der Waals surface area contributed by atoms with E-state index in [-0.39, 0.29) is 5.78 Å². The third kappa shape index (κ3) is 3.77. The standard InChI is InChI=1S/C17H15NOS2/c19-16(12-21-17-18-10-11-20-17)15-8-6-14(7-9-15)13-4-2-1-3-5-13/h1-9H,10-12H2/p+1. The van der Waals surface area contributed by atoms with Crippen LogP contribution in [0.5, 0.6) is 0 Å². The smallest absolute Gasteiger partial charge is 0.269 e. The van der Waals surface area contributed by atoms with Gasteiger partial charge in [-0.15, -0.1) is 0 Å². The van der Waals surface area contributed by atoms with Crippen molar-refractivity contribution in [2.24, 2.45) is 0 Å². The Morgan fingerprint density at radius 3 is 2.43 bits per heavy atom. The highest BCUT2D eigenvalue weighted by Crippen LogP contribution is 2.21. The van der Waals surface area contributed by atoms with E-state index >= 15 is 0 Å². The van der Waals surface area contributed by atoms with Crippen molar-refractivity contribution < 1.29 is 9.79 Å². The Morgan fingerprint density at radius 1 is 1.05 bits per heavy atom. The van der Waals surface area contributed by atoms with E-state index in [4.69, 9.17) is 0 Å². The molecule has 3 rings (SSSR count). The molecule has 0 aliphatic carbocycles. The molecule has 0 amide bonds. The van der Waals surface area contributed by atoms with Crippen molar-refractivity contribution in [2.75, 3.05) is 18.1 Å². The number of benzene rings is 2. The average Bonchev–Trinajstić information content (AvgIpc) is 3.07. The summed E-state index contributed by atoms with van der Waals surface area (Å²) in [4.78, 5) is 15.5. The fourth-order valence-corrected chi connectivity index (χ4v) is 4.12. The molecular formula is C17H16NOS2+. The minimum atomic E-state index is 0.182. The van der Waals surface area contributed by atoms with Crippen LogP contribution in [0.2, 0.25) is 0 Å². The van der Waals surface area contributed by atoms with Crippen LogP contribution in [-0.2, 0) is 0 Å². The number of hydrogen-bond donors (Lipinski definition) is 1. The third-order valence-corrected chi connectivity index (χ3v) is 5.59. The van der Waals surface area contributed by atoms with E-state index in [1.54, 1.807) is 23.5 Å². The molecule has 2 aromatic rings. The summed E-state index contributed by atoms with van der Waals surface area (Å²) in [6.07, 6.45) is 0. The van der Waals surface area contributed by atoms with Gasteiger partial charge in [-0.25, -0.2) is 4.99 Å². The number of ketones is 1. The largest absolute Gasteiger partial charge is 0.293 e. The van der Waals surface area contributed by atoms with Crippen LogP contribution in [-0.4, -0.2) is 28.2 Å². The first-order valence-electron chi connectivity index (χ1n) is 6.88. The molecule has 0 aromatic heterocycles. The molecule has 0 saturated heterocycles. The van der Waals surface area contributed by atoms with E-state index in [1.807, 2.05) is 42.5 Å². The van der Waals surface area contributed by atoms with Gasteiger partial charge in [0.05, 0.1) is 11.5 Å². The highest BCUT2D eigenvalue weighted by molar-refractivity contribution is 8.38. The summed E-state index contributed by atoms with van der Waals surface area (Å²) in [5, 5.41) is 0. The molecule has 0 saturated carbocycles. The summed E-state index contributed by atoms with van der Waals surface area (Å²) in [5.41, 5.74) is 3.10. The zero-order valence-electron chi connectivity index (χ0n) is 11.5. The van der Waals surface area contributed by atoms with Gasteiger partial charge in [-0.3, -0.25) is 4.79 Å². The SMILES string of the molecule is O=C(CSC1=[NH+]CCS1)c1ccc(-c2ccccc2)cc1. The summed E-state index contributed by atoms with van der Waals surface area (Å²) >= 11 is 3.40. The van der Waals surface area contributed by atoms with Crippen molar-refractivity contribution in [1.82, 2.24) is 0 Å². The quantitative estimate of drug-likeness (QED) is 0.880. The van der Waals surface area contributed by atoms with Gasteiger partial charge in [0.2, 0.25) is 0 Å².